The van der Waals surface area contributed by atoms with E-state index in [-0.39, 0.29) is 5.75 Å². The second-order valence-electron chi connectivity index (χ2n) is 4.07. The summed E-state index contributed by atoms with van der Waals surface area (Å²) >= 11 is 6.18. The zero-order valence-electron chi connectivity index (χ0n) is 9.35. The quantitative estimate of drug-likeness (QED) is 0.800. The van der Waals surface area contributed by atoms with E-state index in [0.29, 0.717) is 11.6 Å². The minimum absolute atomic E-state index is 0.187. The molecule has 0 saturated heterocycles. The maximum atomic E-state index is 9.95. The van der Waals surface area contributed by atoms with Gasteiger partial charge in [-0.05, 0) is 36.8 Å². The van der Waals surface area contributed by atoms with Crippen molar-refractivity contribution in [2.45, 2.75) is 32.2 Å². The van der Waals surface area contributed by atoms with Crippen molar-refractivity contribution in [2.75, 3.05) is 7.11 Å². The Morgan fingerprint density at radius 1 is 1.44 bits per heavy atom. The number of aromatic hydroxyl groups is 1. The maximum Gasteiger partial charge on any atom is 0.139 e. The van der Waals surface area contributed by atoms with Gasteiger partial charge < -0.3 is 9.94 Å². The highest BCUT2D eigenvalue weighted by Crippen LogP contribution is 2.37. The number of hydrogen-bond donors (Lipinski definition) is 2. The van der Waals surface area contributed by atoms with Crippen LogP contribution in [0.4, 0.5) is 0 Å². The molecule has 0 spiro atoms. The van der Waals surface area contributed by atoms with Gasteiger partial charge in [-0.25, -0.2) is 0 Å². The molecule has 0 bridgehead atoms. The van der Waals surface area contributed by atoms with E-state index in [1.165, 1.54) is 12.0 Å². The van der Waals surface area contributed by atoms with Crippen LogP contribution in [0.15, 0.2) is 6.07 Å². The van der Waals surface area contributed by atoms with Gasteiger partial charge in [0.15, 0.2) is 0 Å². The molecule has 4 heteroatoms. The predicted molar refractivity (Wildman–Crippen MR) is 63.6 cm³/mol. The molecule has 1 aliphatic carbocycles. The van der Waals surface area contributed by atoms with Gasteiger partial charge in [0.1, 0.15) is 5.75 Å². The smallest absolute Gasteiger partial charge is 0.139 e. The molecule has 0 saturated carbocycles. The van der Waals surface area contributed by atoms with Crippen LogP contribution in [0.2, 0.25) is 5.02 Å². The van der Waals surface area contributed by atoms with E-state index >= 15 is 0 Å². The Morgan fingerprint density at radius 2 is 2.19 bits per heavy atom. The lowest BCUT2D eigenvalue weighted by Gasteiger charge is -2.20. The number of benzene rings is 1. The van der Waals surface area contributed by atoms with Gasteiger partial charge in [-0.15, -0.1) is 0 Å². The molecule has 1 aliphatic rings. The molecule has 0 amide bonds. The molecule has 2 rings (SSSR count). The molecule has 0 unspecified atom stereocenters. The molecule has 1 aromatic carbocycles. The van der Waals surface area contributed by atoms with Crippen molar-refractivity contribution < 1.29 is 9.94 Å². The summed E-state index contributed by atoms with van der Waals surface area (Å²) in [4.78, 5) is 4.78. The maximum absolute atomic E-state index is 9.95. The number of hydroxylamine groups is 1. The molecule has 88 valence electrons. The number of halogens is 1. The van der Waals surface area contributed by atoms with E-state index in [4.69, 9.17) is 16.4 Å². The summed E-state index contributed by atoms with van der Waals surface area (Å²) in [7, 11) is 1.55. The first-order valence-corrected chi connectivity index (χ1v) is 5.89. The average molecular weight is 242 g/mol. The van der Waals surface area contributed by atoms with Gasteiger partial charge in [-0.3, -0.25) is 0 Å². The first-order chi connectivity index (χ1) is 7.74. The van der Waals surface area contributed by atoms with Crippen LogP contribution in [0.3, 0.4) is 0 Å². The van der Waals surface area contributed by atoms with E-state index in [9.17, 15) is 5.11 Å². The van der Waals surface area contributed by atoms with Crippen molar-refractivity contribution in [3.8, 4) is 5.75 Å². The molecule has 0 heterocycles. The Morgan fingerprint density at radius 3 is 2.94 bits per heavy atom. The summed E-state index contributed by atoms with van der Waals surface area (Å²) in [6.45, 7) is 0.468. The molecule has 2 N–H and O–H groups in total. The third kappa shape index (κ3) is 2.17. The molecule has 0 aromatic heterocycles. The Balaban J connectivity index is 2.36. The van der Waals surface area contributed by atoms with Crippen molar-refractivity contribution in [1.82, 2.24) is 5.48 Å². The Labute approximate surface area is 100 Å². The highest BCUT2D eigenvalue weighted by atomic mass is 35.5. The normalized spacial score (nSPS) is 14.9. The number of rotatable bonds is 3. The third-order valence-electron chi connectivity index (χ3n) is 3.04. The first kappa shape index (κ1) is 11.7. The van der Waals surface area contributed by atoms with E-state index in [1.54, 1.807) is 7.11 Å². The van der Waals surface area contributed by atoms with Gasteiger partial charge in [-0.2, -0.15) is 5.48 Å². The summed E-state index contributed by atoms with van der Waals surface area (Å²) in [5.74, 6) is 0.187. The van der Waals surface area contributed by atoms with E-state index < -0.39 is 0 Å². The van der Waals surface area contributed by atoms with Crippen molar-refractivity contribution in [2.24, 2.45) is 0 Å². The van der Waals surface area contributed by atoms with Crippen LogP contribution < -0.4 is 5.48 Å². The Bertz CT molecular complexity index is 393. The zero-order valence-corrected chi connectivity index (χ0v) is 10.1. The van der Waals surface area contributed by atoms with Crippen molar-refractivity contribution in [3.05, 3.63) is 27.8 Å². The highest BCUT2D eigenvalue weighted by Gasteiger charge is 2.18. The largest absolute Gasteiger partial charge is 0.506 e. The van der Waals surface area contributed by atoms with Crippen molar-refractivity contribution in [1.29, 1.82) is 0 Å². The third-order valence-corrected chi connectivity index (χ3v) is 3.45. The minimum Gasteiger partial charge on any atom is -0.506 e. The standard InChI is InChI=1S/C12H16ClNO2/c1-16-14-7-9-6-8-4-2-3-5-10(8)11(13)12(9)15/h6,14-15H,2-5,7H2,1H3. The number of nitrogens with one attached hydrogen (secondary N) is 1. The van der Waals surface area contributed by atoms with Crippen LogP contribution in [0.25, 0.3) is 0 Å². The topological polar surface area (TPSA) is 41.5 Å². The fourth-order valence-electron chi connectivity index (χ4n) is 2.19. The number of phenolic OH excluding ortho intramolecular Hbond substituents is 1. The molecular formula is C12H16ClNO2. The summed E-state index contributed by atoms with van der Waals surface area (Å²) < 4.78 is 0. The lowest BCUT2D eigenvalue weighted by molar-refractivity contribution is 0.0861. The molecule has 16 heavy (non-hydrogen) atoms. The van der Waals surface area contributed by atoms with Gasteiger partial charge in [0.25, 0.3) is 0 Å². The van der Waals surface area contributed by atoms with Crippen LogP contribution in [0.5, 0.6) is 5.75 Å². The Kier molecular flexibility index (Phi) is 3.69. The molecule has 0 fully saturated rings. The predicted octanol–water partition coefficient (Wildman–Crippen LogP) is 2.58. The number of fused-ring (bicyclic) bond motifs is 1. The molecule has 0 atom stereocenters. The molecular weight excluding hydrogens is 226 g/mol. The molecule has 0 aliphatic heterocycles. The second kappa shape index (κ2) is 5.04. The average Bonchev–Trinajstić information content (AvgIpc) is 2.32. The number of aryl methyl sites for hydroxylation is 1. The van der Waals surface area contributed by atoms with Crippen molar-refractivity contribution >= 4 is 11.6 Å². The first-order valence-electron chi connectivity index (χ1n) is 5.52. The number of phenols is 1. The van der Waals surface area contributed by atoms with Crippen LogP contribution in [-0.2, 0) is 24.2 Å². The van der Waals surface area contributed by atoms with Crippen LogP contribution in [-0.4, -0.2) is 12.2 Å². The molecule has 1 aromatic rings. The summed E-state index contributed by atoms with van der Waals surface area (Å²) in [6, 6.07) is 2.03. The summed E-state index contributed by atoms with van der Waals surface area (Å²) in [6.07, 6.45) is 4.38. The van der Waals surface area contributed by atoms with E-state index in [1.807, 2.05) is 6.07 Å². The van der Waals surface area contributed by atoms with Gasteiger partial charge in [0, 0.05) is 12.1 Å². The van der Waals surface area contributed by atoms with E-state index in [2.05, 4.69) is 5.48 Å². The van der Waals surface area contributed by atoms with Gasteiger partial charge in [0.05, 0.1) is 12.1 Å². The fraction of sp³-hybridized carbons (Fsp3) is 0.500. The molecule has 3 nitrogen and oxygen atoms in total. The van der Waals surface area contributed by atoms with Gasteiger partial charge in [0.2, 0.25) is 0 Å². The minimum atomic E-state index is 0.187. The van der Waals surface area contributed by atoms with Gasteiger partial charge in [-0.1, -0.05) is 17.7 Å². The summed E-state index contributed by atoms with van der Waals surface area (Å²) in [5.41, 5.74) is 5.90. The SMILES string of the molecule is CONCc1cc2c(c(Cl)c1O)CCCC2. The zero-order chi connectivity index (χ0) is 11.5. The van der Waals surface area contributed by atoms with Crippen LogP contribution in [0.1, 0.15) is 29.5 Å². The van der Waals surface area contributed by atoms with Crippen molar-refractivity contribution in [3.63, 3.8) is 0 Å². The van der Waals surface area contributed by atoms with E-state index in [0.717, 1.165) is 30.4 Å². The lowest BCUT2D eigenvalue weighted by Crippen LogP contribution is -2.13. The Hall–Kier alpha value is -0.770. The fourth-order valence-corrected chi connectivity index (χ4v) is 2.52. The second-order valence-corrected chi connectivity index (χ2v) is 4.45. The van der Waals surface area contributed by atoms with Gasteiger partial charge >= 0.3 is 0 Å². The monoisotopic (exact) mass is 241 g/mol. The number of hydrogen-bond acceptors (Lipinski definition) is 3. The van der Waals surface area contributed by atoms with Crippen LogP contribution >= 0.6 is 11.6 Å². The molecule has 0 radical (unpaired) electrons. The lowest BCUT2D eigenvalue weighted by atomic mass is 9.90. The highest BCUT2D eigenvalue weighted by molar-refractivity contribution is 6.33. The van der Waals surface area contributed by atoms with Crippen LogP contribution in [0, 0.1) is 0 Å². The summed E-state index contributed by atoms with van der Waals surface area (Å²) in [5, 5.41) is 10.5.